The minimum absolute atomic E-state index is 0.235. The minimum atomic E-state index is -0.350. The Kier molecular flexibility index (Phi) is 3.90. The van der Waals surface area contributed by atoms with Crippen LogP contribution < -0.4 is 14.9 Å². The van der Waals surface area contributed by atoms with Gasteiger partial charge in [0.25, 0.3) is 0 Å². The van der Waals surface area contributed by atoms with Gasteiger partial charge < -0.3 is 9.47 Å². The molecule has 2 aliphatic rings. The Labute approximate surface area is 133 Å². The van der Waals surface area contributed by atoms with Crippen molar-refractivity contribution < 1.29 is 9.47 Å². The number of hydrogen-bond acceptors (Lipinski definition) is 6. The lowest BCUT2D eigenvalue weighted by Gasteiger charge is -2.20. The summed E-state index contributed by atoms with van der Waals surface area (Å²) in [7, 11) is 3.03. The summed E-state index contributed by atoms with van der Waals surface area (Å²) in [5.74, 6) is 3.71. The van der Waals surface area contributed by atoms with Gasteiger partial charge >= 0.3 is 6.01 Å². The number of aromatic nitrogens is 2. The minimum Gasteiger partial charge on any atom is -0.480 e. The number of hydrazone groups is 1. The molecule has 2 heterocycles. The highest BCUT2D eigenvalue weighted by Crippen LogP contribution is 2.46. The number of terminal acetylenes is 1. The summed E-state index contributed by atoms with van der Waals surface area (Å²) in [6.07, 6.45) is 9.97. The van der Waals surface area contributed by atoms with Crippen LogP contribution in [0.25, 0.3) is 0 Å². The van der Waals surface area contributed by atoms with E-state index >= 15 is 0 Å². The van der Waals surface area contributed by atoms with Crippen LogP contribution in [0.15, 0.2) is 22.9 Å². The number of allylic oxidation sites excluding steroid dienone is 1. The highest BCUT2D eigenvalue weighted by molar-refractivity contribution is 6.23. The van der Waals surface area contributed by atoms with Crippen LogP contribution in [0.2, 0.25) is 0 Å². The predicted molar refractivity (Wildman–Crippen MR) is 83.0 cm³/mol. The molecule has 0 spiro atoms. The van der Waals surface area contributed by atoms with E-state index in [9.17, 15) is 0 Å². The maximum atomic E-state index is 6.28. The van der Waals surface area contributed by atoms with E-state index in [0.29, 0.717) is 23.1 Å². The van der Waals surface area contributed by atoms with Crippen molar-refractivity contribution in [2.24, 2.45) is 16.9 Å². The van der Waals surface area contributed by atoms with Gasteiger partial charge in [0.1, 0.15) is 5.50 Å². The highest BCUT2D eigenvalue weighted by atomic mass is 35.5. The third-order valence-electron chi connectivity index (χ3n) is 3.71. The molecule has 1 aromatic rings. The Hall–Kier alpha value is -2.26. The fraction of sp³-hybridized carbons (Fsp3) is 0.400. The van der Waals surface area contributed by atoms with Gasteiger partial charge in [0.2, 0.25) is 5.88 Å². The van der Waals surface area contributed by atoms with Gasteiger partial charge in [-0.05, 0) is 24.0 Å². The van der Waals surface area contributed by atoms with Gasteiger partial charge in [-0.1, -0.05) is 11.6 Å². The summed E-state index contributed by atoms with van der Waals surface area (Å²) in [5, 5.41) is 4.26. The second-order valence-electron chi connectivity index (χ2n) is 5.03. The van der Waals surface area contributed by atoms with Gasteiger partial charge in [0, 0.05) is 12.1 Å². The van der Waals surface area contributed by atoms with Crippen LogP contribution in [0.1, 0.15) is 12.0 Å². The van der Waals surface area contributed by atoms with Crippen LogP contribution >= 0.6 is 11.6 Å². The molecule has 1 N–H and O–H groups in total. The van der Waals surface area contributed by atoms with Gasteiger partial charge in [-0.25, -0.2) is 4.98 Å². The molecule has 1 aromatic heterocycles. The van der Waals surface area contributed by atoms with Crippen LogP contribution in [0.3, 0.4) is 0 Å². The fourth-order valence-corrected chi connectivity index (χ4v) is 2.70. The molecule has 3 rings (SSSR count). The summed E-state index contributed by atoms with van der Waals surface area (Å²) in [6, 6.07) is 0.235. The zero-order chi connectivity index (χ0) is 15.7. The van der Waals surface area contributed by atoms with Crippen molar-refractivity contribution >= 4 is 17.3 Å². The number of nitrogens with zero attached hydrogens (tertiary/aromatic N) is 3. The molecule has 0 aromatic carbocycles. The van der Waals surface area contributed by atoms with Gasteiger partial charge in [-0.3, -0.25) is 5.43 Å². The van der Waals surface area contributed by atoms with Crippen LogP contribution in [0.4, 0.5) is 0 Å². The van der Waals surface area contributed by atoms with Crippen LogP contribution in [-0.2, 0) is 0 Å². The zero-order valence-corrected chi connectivity index (χ0v) is 13.0. The molecular weight excluding hydrogens is 304 g/mol. The van der Waals surface area contributed by atoms with Crippen molar-refractivity contribution in [2.75, 3.05) is 14.2 Å². The Bertz CT molecular complexity index is 695. The Balaban J connectivity index is 1.94. The molecule has 114 valence electrons. The molecule has 7 heteroatoms. The van der Waals surface area contributed by atoms with E-state index in [0.717, 1.165) is 12.0 Å². The van der Waals surface area contributed by atoms with E-state index in [2.05, 4.69) is 26.4 Å². The first-order chi connectivity index (χ1) is 10.7. The number of alkyl halides is 1. The van der Waals surface area contributed by atoms with Crippen LogP contribution in [-0.4, -0.2) is 35.4 Å². The molecule has 3 unspecified atom stereocenters. The maximum absolute atomic E-state index is 6.28. The summed E-state index contributed by atoms with van der Waals surface area (Å²) >= 11 is 6.28. The Morgan fingerprint density at radius 1 is 1.41 bits per heavy atom. The summed E-state index contributed by atoms with van der Waals surface area (Å²) in [5.41, 5.74) is 4.91. The second kappa shape index (κ2) is 5.85. The average molecular weight is 319 g/mol. The number of halogens is 1. The first kappa shape index (κ1) is 14.7. The van der Waals surface area contributed by atoms with E-state index in [1.165, 1.54) is 14.2 Å². The van der Waals surface area contributed by atoms with Crippen molar-refractivity contribution in [3.63, 3.8) is 0 Å². The summed E-state index contributed by atoms with van der Waals surface area (Å²) in [6.45, 7) is 0. The Morgan fingerprint density at radius 2 is 2.23 bits per heavy atom. The molecule has 3 atom stereocenters. The average Bonchev–Trinajstić information content (AvgIpc) is 3.34. The molecular formula is C15H15ClN4O2. The molecule has 1 fully saturated rings. The first-order valence-corrected chi connectivity index (χ1v) is 7.21. The van der Waals surface area contributed by atoms with Crippen molar-refractivity contribution in [1.82, 2.24) is 15.4 Å². The summed E-state index contributed by atoms with van der Waals surface area (Å²) in [4.78, 5) is 8.26. The zero-order valence-electron chi connectivity index (χ0n) is 12.2. The van der Waals surface area contributed by atoms with Gasteiger partial charge in [-0.15, -0.1) is 12.3 Å². The number of ether oxygens (including phenoxy) is 2. The quantitative estimate of drug-likeness (QED) is 0.518. The lowest BCUT2D eigenvalue weighted by Crippen LogP contribution is -2.28. The SMILES string of the molecule is C#CC1CC1C1=CC(c2cnc(OC)nc2OC)=NNC1Cl. The third-order valence-corrected chi connectivity index (χ3v) is 4.06. The second-order valence-corrected chi connectivity index (χ2v) is 5.46. The van der Waals surface area contributed by atoms with E-state index in [4.69, 9.17) is 27.5 Å². The van der Waals surface area contributed by atoms with E-state index in [1.54, 1.807) is 6.20 Å². The molecule has 0 amide bonds. The van der Waals surface area contributed by atoms with E-state index in [-0.39, 0.29) is 17.4 Å². The molecule has 1 aliphatic heterocycles. The van der Waals surface area contributed by atoms with Gasteiger partial charge in [0.15, 0.2) is 0 Å². The molecule has 22 heavy (non-hydrogen) atoms. The van der Waals surface area contributed by atoms with Gasteiger partial charge in [0.05, 0.1) is 25.5 Å². The monoisotopic (exact) mass is 318 g/mol. The fourth-order valence-electron chi connectivity index (χ4n) is 2.43. The standard InChI is InChI=1S/C15H15ClN4O2/c1-4-8-5-9(8)10-6-12(19-20-13(10)16)11-7-17-15(22-3)18-14(11)21-2/h1,6-9,13,20H,5H2,2-3H3. The normalized spacial score (nSPS) is 26.2. The van der Waals surface area contributed by atoms with Crippen LogP contribution in [0, 0.1) is 24.2 Å². The number of hydrogen-bond donors (Lipinski definition) is 1. The lowest BCUT2D eigenvalue weighted by molar-refractivity contribution is 0.351. The van der Waals surface area contributed by atoms with E-state index in [1.807, 2.05) is 6.08 Å². The first-order valence-electron chi connectivity index (χ1n) is 6.78. The third kappa shape index (κ3) is 2.60. The van der Waals surface area contributed by atoms with Crippen LogP contribution in [0.5, 0.6) is 11.9 Å². The smallest absolute Gasteiger partial charge is 0.319 e. The Morgan fingerprint density at radius 3 is 2.86 bits per heavy atom. The molecule has 1 aliphatic carbocycles. The van der Waals surface area contributed by atoms with E-state index < -0.39 is 0 Å². The number of rotatable bonds is 4. The molecule has 1 saturated carbocycles. The molecule has 0 radical (unpaired) electrons. The molecule has 0 bridgehead atoms. The summed E-state index contributed by atoms with van der Waals surface area (Å²) < 4.78 is 10.3. The largest absolute Gasteiger partial charge is 0.480 e. The van der Waals surface area contributed by atoms with Gasteiger partial charge in [-0.2, -0.15) is 10.1 Å². The lowest BCUT2D eigenvalue weighted by atomic mass is 10.0. The molecule has 6 nitrogen and oxygen atoms in total. The topological polar surface area (TPSA) is 68.6 Å². The highest BCUT2D eigenvalue weighted by Gasteiger charge is 2.42. The van der Waals surface area contributed by atoms with Crippen molar-refractivity contribution in [3.05, 3.63) is 23.4 Å². The maximum Gasteiger partial charge on any atom is 0.319 e. The number of methoxy groups -OCH3 is 2. The van der Waals surface area contributed by atoms with Crippen molar-refractivity contribution in [3.8, 4) is 24.2 Å². The number of nitrogens with one attached hydrogen (secondary N) is 1. The van der Waals surface area contributed by atoms with Crippen molar-refractivity contribution in [1.29, 1.82) is 0 Å². The molecule has 0 saturated heterocycles. The predicted octanol–water partition coefficient (Wildman–Crippen LogP) is 1.56. The van der Waals surface area contributed by atoms with Crippen molar-refractivity contribution in [2.45, 2.75) is 11.9 Å².